The molecule has 0 amide bonds. The Bertz CT molecular complexity index is 3480. The number of para-hydroxylation sites is 2. The molecule has 2 aromatic heterocycles. The lowest BCUT2D eigenvalue weighted by atomic mass is 10.00. The van der Waals surface area contributed by atoms with Crippen molar-refractivity contribution in [2.75, 3.05) is 0 Å². The van der Waals surface area contributed by atoms with E-state index in [-0.39, 0.29) is 0 Å². The van der Waals surface area contributed by atoms with E-state index in [9.17, 15) is 0 Å². The minimum Gasteiger partial charge on any atom is -0.307 e. The van der Waals surface area contributed by atoms with Crippen LogP contribution in [-0.2, 0) is 0 Å². The lowest BCUT2D eigenvalue weighted by Crippen LogP contribution is -2.74. The Morgan fingerprint density at radius 2 is 0.746 bits per heavy atom. The summed E-state index contributed by atoms with van der Waals surface area (Å²) < 4.78 is 5.09. The summed E-state index contributed by atoms with van der Waals surface area (Å²) >= 11 is 0. The fourth-order valence-corrected chi connectivity index (χ4v) is 15.4. The summed E-state index contributed by atoms with van der Waals surface area (Å²) in [6.45, 7) is 0. The van der Waals surface area contributed by atoms with Gasteiger partial charge in [-0.1, -0.05) is 224 Å². The van der Waals surface area contributed by atoms with Crippen molar-refractivity contribution < 1.29 is 0 Å². The van der Waals surface area contributed by atoms with Gasteiger partial charge < -0.3 is 9.13 Å². The number of hydrogen-bond donors (Lipinski definition) is 0. The first-order chi connectivity index (χ1) is 31.3. The van der Waals surface area contributed by atoms with E-state index >= 15 is 0 Å². The SMILES string of the molecule is c1ccc(-c2ccc(-n3c4ccccc4c4ccc(-c5ccccc5)c(-n5c6ccccc6c6c([Si](c7ccccc7)(c7ccccc7)c7ccccc7)cccc65)c43)cc2)cc1. The van der Waals surface area contributed by atoms with Gasteiger partial charge in [0, 0.05) is 32.8 Å². The molecule has 0 aliphatic rings. The van der Waals surface area contributed by atoms with Gasteiger partial charge in [0.15, 0.2) is 8.07 Å². The highest BCUT2D eigenvalue weighted by molar-refractivity contribution is 7.20. The summed E-state index contributed by atoms with van der Waals surface area (Å²) in [5.74, 6) is 0. The average Bonchev–Trinajstić information content (AvgIpc) is 3.89. The van der Waals surface area contributed by atoms with E-state index in [0.29, 0.717) is 0 Å². The van der Waals surface area contributed by atoms with Crippen molar-refractivity contribution in [1.82, 2.24) is 9.13 Å². The van der Waals surface area contributed by atoms with Gasteiger partial charge in [0.2, 0.25) is 0 Å². The predicted octanol–water partition coefficient (Wildman–Crippen LogP) is 12.6. The van der Waals surface area contributed by atoms with Crippen LogP contribution in [0.4, 0.5) is 0 Å². The van der Waals surface area contributed by atoms with Crippen molar-refractivity contribution >= 4 is 72.4 Å². The molecule has 2 heterocycles. The zero-order chi connectivity index (χ0) is 41.7. The molecule has 63 heavy (non-hydrogen) atoms. The van der Waals surface area contributed by atoms with E-state index < -0.39 is 8.07 Å². The molecule has 12 rings (SSSR count). The summed E-state index contributed by atoms with van der Waals surface area (Å²) in [5.41, 5.74) is 11.8. The molecule has 10 aromatic carbocycles. The van der Waals surface area contributed by atoms with Crippen LogP contribution in [-0.4, -0.2) is 17.2 Å². The molecule has 0 saturated heterocycles. The summed E-state index contributed by atoms with van der Waals surface area (Å²) in [5, 5.41) is 10.4. The third-order valence-corrected chi connectivity index (χ3v) is 17.9. The van der Waals surface area contributed by atoms with Crippen LogP contribution in [0.5, 0.6) is 0 Å². The second kappa shape index (κ2) is 15.2. The second-order valence-corrected chi connectivity index (χ2v) is 20.2. The van der Waals surface area contributed by atoms with Crippen molar-refractivity contribution in [2.45, 2.75) is 0 Å². The van der Waals surface area contributed by atoms with Gasteiger partial charge in [-0.2, -0.15) is 0 Å². The van der Waals surface area contributed by atoms with E-state index in [1.54, 1.807) is 0 Å². The van der Waals surface area contributed by atoms with Crippen LogP contribution in [0.3, 0.4) is 0 Å². The van der Waals surface area contributed by atoms with Gasteiger partial charge in [-0.05, 0) is 67.8 Å². The Morgan fingerprint density at radius 3 is 1.33 bits per heavy atom. The smallest absolute Gasteiger partial charge is 0.180 e. The molecule has 0 fully saturated rings. The van der Waals surface area contributed by atoms with E-state index in [0.717, 1.165) is 11.4 Å². The maximum absolute atomic E-state index is 2.94. The topological polar surface area (TPSA) is 9.86 Å². The molecule has 0 aliphatic carbocycles. The molecular weight excluding hydrogens is 777 g/mol. The molecular formula is C60H42N2Si. The fraction of sp³-hybridized carbons (Fsp3) is 0. The van der Waals surface area contributed by atoms with Crippen molar-refractivity contribution in [3.05, 3.63) is 255 Å². The Labute approximate surface area is 368 Å². The largest absolute Gasteiger partial charge is 0.307 e. The van der Waals surface area contributed by atoms with E-state index in [4.69, 9.17) is 0 Å². The van der Waals surface area contributed by atoms with Crippen LogP contribution in [0.1, 0.15) is 0 Å². The number of benzene rings is 10. The molecule has 0 N–H and O–H groups in total. The quantitative estimate of drug-likeness (QED) is 0.107. The third-order valence-electron chi connectivity index (χ3n) is 13.1. The van der Waals surface area contributed by atoms with Crippen molar-refractivity contribution in [2.24, 2.45) is 0 Å². The zero-order valence-electron chi connectivity index (χ0n) is 34.6. The van der Waals surface area contributed by atoms with Crippen LogP contribution >= 0.6 is 0 Å². The van der Waals surface area contributed by atoms with Crippen LogP contribution in [0.25, 0.3) is 77.2 Å². The molecule has 0 spiro atoms. The van der Waals surface area contributed by atoms with Crippen LogP contribution < -0.4 is 20.7 Å². The standard InChI is InChI=1S/C60H42N2Si/c1-6-21-43(22-7-1)44-37-39-46(40-38-44)61-54-33-18-16-31-51(54)52-42-41-50(45-23-8-2-9-24-45)59(60(52)61)62-55-34-19-17-32-53(55)58-56(62)35-20-36-57(58)63(47-25-10-3-11-26-47,48-27-12-4-13-28-48)49-29-14-5-15-30-49/h1-42H. The highest BCUT2D eigenvalue weighted by Crippen LogP contribution is 2.44. The second-order valence-electron chi connectivity index (χ2n) is 16.4. The molecule has 0 aliphatic heterocycles. The van der Waals surface area contributed by atoms with E-state index in [1.165, 1.54) is 86.6 Å². The number of nitrogens with zero attached hydrogens (tertiary/aromatic N) is 2. The highest BCUT2D eigenvalue weighted by atomic mass is 28.3. The number of hydrogen-bond acceptors (Lipinski definition) is 0. The van der Waals surface area contributed by atoms with Gasteiger partial charge in [-0.3, -0.25) is 0 Å². The summed E-state index contributed by atoms with van der Waals surface area (Å²) in [7, 11) is -2.94. The van der Waals surface area contributed by atoms with Crippen molar-refractivity contribution in [3.8, 4) is 33.6 Å². The number of aromatic nitrogens is 2. The van der Waals surface area contributed by atoms with Gasteiger partial charge in [0.25, 0.3) is 0 Å². The zero-order valence-corrected chi connectivity index (χ0v) is 35.6. The van der Waals surface area contributed by atoms with Crippen molar-refractivity contribution in [3.63, 3.8) is 0 Å². The van der Waals surface area contributed by atoms with Gasteiger partial charge in [0.05, 0.1) is 27.8 Å². The molecule has 12 aromatic rings. The first kappa shape index (κ1) is 36.8. The van der Waals surface area contributed by atoms with Crippen LogP contribution in [0.2, 0.25) is 0 Å². The van der Waals surface area contributed by atoms with E-state index in [2.05, 4.69) is 264 Å². The minimum atomic E-state index is -2.94. The summed E-state index contributed by atoms with van der Waals surface area (Å²) in [4.78, 5) is 0. The Balaban J connectivity index is 1.25. The highest BCUT2D eigenvalue weighted by Gasteiger charge is 2.43. The molecule has 0 radical (unpaired) electrons. The number of fused-ring (bicyclic) bond motifs is 6. The lowest BCUT2D eigenvalue weighted by molar-refractivity contribution is 1.13. The molecule has 296 valence electrons. The third kappa shape index (κ3) is 5.78. The molecule has 3 heteroatoms. The average molecular weight is 819 g/mol. The molecule has 0 bridgehead atoms. The maximum Gasteiger partial charge on any atom is 0.180 e. The number of rotatable bonds is 8. The Hall–Kier alpha value is -7.98. The summed E-state index contributed by atoms with van der Waals surface area (Å²) in [6, 6.07) is 94.3. The van der Waals surface area contributed by atoms with Gasteiger partial charge in [-0.15, -0.1) is 0 Å². The monoisotopic (exact) mass is 818 g/mol. The predicted molar refractivity (Wildman–Crippen MR) is 270 cm³/mol. The van der Waals surface area contributed by atoms with Crippen LogP contribution in [0, 0.1) is 0 Å². The Morgan fingerprint density at radius 1 is 0.286 bits per heavy atom. The molecule has 2 nitrogen and oxygen atoms in total. The maximum atomic E-state index is 2.59. The molecule has 0 atom stereocenters. The van der Waals surface area contributed by atoms with Gasteiger partial charge in [0.1, 0.15) is 0 Å². The van der Waals surface area contributed by atoms with Crippen LogP contribution in [0.15, 0.2) is 255 Å². The van der Waals surface area contributed by atoms with Gasteiger partial charge >= 0.3 is 0 Å². The Kier molecular flexibility index (Phi) is 8.87. The minimum absolute atomic E-state index is 1.12. The molecule has 0 saturated carbocycles. The first-order valence-electron chi connectivity index (χ1n) is 21.8. The normalized spacial score (nSPS) is 11.8. The van der Waals surface area contributed by atoms with Gasteiger partial charge in [-0.25, -0.2) is 0 Å². The fourth-order valence-electron chi connectivity index (χ4n) is 10.4. The van der Waals surface area contributed by atoms with E-state index in [1.807, 2.05) is 0 Å². The lowest BCUT2D eigenvalue weighted by Gasteiger charge is -2.35. The summed E-state index contributed by atoms with van der Waals surface area (Å²) in [6.07, 6.45) is 0. The molecule has 0 unspecified atom stereocenters. The van der Waals surface area contributed by atoms with Crippen molar-refractivity contribution in [1.29, 1.82) is 0 Å². The first-order valence-corrected chi connectivity index (χ1v) is 23.8.